The number of thiophene rings is 1. The highest BCUT2D eigenvalue weighted by atomic mass is 32.1. The Kier molecular flexibility index (Phi) is 2.64. The van der Waals surface area contributed by atoms with Gasteiger partial charge in [-0.1, -0.05) is 6.07 Å². The third-order valence-electron chi connectivity index (χ3n) is 1.87. The highest BCUT2D eigenvalue weighted by Gasteiger charge is 2.09. The average Bonchev–Trinajstić information content (AvgIpc) is 2.87. The fourth-order valence-electron chi connectivity index (χ4n) is 1.20. The summed E-state index contributed by atoms with van der Waals surface area (Å²) in [5.41, 5.74) is 6.57. The van der Waals surface area contributed by atoms with Gasteiger partial charge < -0.3 is 5.73 Å². The number of rotatable bonds is 3. The van der Waals surface area contributed by atoms with Gasteiger partial charge in [-0.15, -0.1) is 11.3 Å². The number of nitrogens with two attached hydrogens (primary N) is 1. The predicted molar refractivity (Wildman–Crippen MR) is 60.0 cm³/mol. The summed E-state index contributed by atoms with van der Waals surface area (Å²) in [5.74, 6) is -0.438. The van der Waals surface area contributed by atoms with Gasteiger partial charge in [0.25, 0.3) is 0 Å². The van der Waals surface area contributed by atoms with Gasteiger partial charge in [-0.25, -0.2) is 0 Å². The minimum atomic E-state index is -0.438. The number of hydrogen-bond donors (Lipinski definition) is 2. The van der Waals surface area contributed by atoms with E-state index in [0.717, 1.165) is 10.6 Å². The first-order valence-corrected chi connectivity index (χ1v) is 5.20. The Morgan fingerprint density at radius 1 is 1.53 bits per heavy atom. The summed E-state index contributed by atoms with van der Waals surface area (Å²) in [4.78, 5) is 12.1. The van der Waals surface area contributed by atoms with Crippen molar-refractivity contribution in [1.82, 2.24) is 10.2 Å². The van der Waals surface area contributed by atoms with Crippen LogP contribution in [0.3, 0.4) is 0 Å². The summed E-state index contributed by atoms with van der Waals surface area (Å²) in [5, 5.41) is 8.45. The fraction of sp³-hybridized carbons (Fsp3) is 0. The lowest BCUT2D eigenvalue weighted by Crippen LogP contribution is -2.12. The summed E-state index contributed by atoms with van der Waals surface area (Å²) in [6.07, 6.45) is 3.32. The van der Waals surface area contributed by atoms with Crippen LogP contribution in [0, 0.1) is 0 Å². The van der Waals surface area contributed by atoms with Crippen LogP contribution in [0.2, 0.25) is 0 Å². The molecule has 0 aliphatic carbocycles. The van der Waals surface area contributed by atoms with Crippen LogP contribution in [-0.4, -0.2) is 16.1 Å². The molecule has 4 nitrogen and oxygen atoms in total. The maximum atomic E-state index is 11.3. The monoisotopic (exact) mass is 219 g/mol. The molecule has 3 N–H and O–H groups in total. The Balaban J connectivity index is 2.41. The van der Waals surface area contributed by atoms with Gasteiger partial charge in [0.1, 0.15) is 0 Å². The van der Waals surface area contributed by atoms with Gasteiger partial charge >= 0.3 is 0 Å². The third kappa shape index (κ3) is 2.13. The maximum absolute atomic E-state index is 11.3. The molecule has 0 saturated heterocycles. The van der Waals surface area contributed by atoms with Crippen molar-refractivity contribution in [3.05, 3.63) is 40.3 Å². The topological polar surface area (TPSA) is 71.8 Å². The Morgan fingerprint density at radius 3 is 2.93 bits per heavy atom. The van der Waals surface area contributed by atoms with Crippen LogP contribution < -0.4 is 5.73 Å². The van der Waals surface area contributed by atoms with Crippen molar-refractivity contribution < 1.29 is 4.79 Å². The molecule has 2 heterocycles. The smallest absolute Gasteiger partial charge is 0.250 e. The number of hydrogen-bond acceptors (Lipinski definition) is 3. The van der Waals surface area contributed by atoms with E-state index in [0.29, 0.717) is 5.57 Å². The molecule has 1 amide bonds. The number of amides is 1. The zero-order valence-electron chi connectivity index (χ0n) is 7.81. The highest BCUT2D eigenvalue weighted by molar-refractivity contribution is 7.11. The molecule has 0 spiro atoms. The van der Waals surface area contributed by atoms with Gasteiger partial charge in [-0.3, -0.25) is 9.89 Å². The Morgan fingerprint density at radius 2 is 2.40 bits per heavy atom. The summed E-state index contributed by atoms with van der Waals surface area (Å²) < 4.78 is 0. The van der Waals surface area contributed by atoms with Gasteiger partial charge in [-0.05, 0) is 23.6 Å². The lowest BCUT2D eigenvalue weighted by molar-refractivity contribution is -0.112. The largest absolute Gasteiger partial charge is 0.366 e. The lowest BCUT2D eigenvalue weighted by Gasteiger charge is -1.98. The summed E-state index contributed by atoms with van der Waals surface area (Å²) in [6, 6.07) is 5.51. The normalized spacial score (nSPS) is 11.6. The molecule has 0 aliphatic rings. The minimum absolute atomic E-state index is 0.438. The zero-order valence-corrected chi connectivity index (χ0v) is 8.62. The Bertz CT molecular complexity index is 471. The molecule has 0 saturated carbocycles. The van der Waals surface area contributed by atoms with E-state index in [2.05, 4.69) is 10.2 Å². The van der Waals surface area contributed by atoms with E-state index >= 15 is 0 Å². The van der Waals surface area contributed by atoms with E-state index in [1.165, 1.54) is 11.3 Å². The quantitative estimate of drug-likeness (QED) is 0.768. The molecule has 0 bridgehead atoms. The van der Waals surface area contributed by atoms with Crippen molar-refractivity contribution >= 4 is 28.9 Å². The molecular weight excluding hydrogens is 210 g/mol. The third-order valence-corrected chi connectivity index (χ3v) is 2.78. The van der Waals surface area contributed by atoms with Crippen molar-refractivity contribution in [3.8, 4) is 0 Å². The second-order valence-corrected chi connectivity index (χ2v) is 3.86. The van der Waals surface area contributed by atoms with Gasteiger partial charge in [0, 0.05) is 11.1 Å². The number of aromatic nitrogens is 2. The average molecular weight is 219 g/mol. The van der Waals surface area contributed by atoms with Crippen LogP contribution in [0.1, 0.15) is 10.6 Å². The molecule has 2 aromatic rings. The van der Waals surface area contributed by atoms with Gasteiger partial charge in [0.15, 0.2) is 0 Å². The number of aromatic amines is 1. The van der Waals surface area contributed by atoms with Crippen molar-refractivity contribution in [2.75, 3.05) is 0 Å². The molecule has 2 rings (SSSR count). The molecule has 0 radical (unpaired) electrons. The summed E-state index contributed by atoms with van der Waals surface area (Å²) >= 11 is 1.48. The molecule has 0 atom stereocenters. The van der Waals surface area contributed by atoms with E-state index in [9.17, 15) is 4.79 Å². The molecule has 0 unspecified atom stereocenters. The second kappa shape index (κ2) is 4.10. The molecule has 2 aromatic heterocycles. The number of nitrogens with one attached hydrogen (secondary N) is 1. The fourth-order valence-corrected chi connectivity index (χ4v) is 1.95. The van der Waals surface area contributed by atoms with Gasteiger partial charge in [0.05, 0.1) is 11.3 Å². The first kappa shape index (κ1) is 9.67. The van der Waals surface area contributed by atoms with Gasteiger partial charge in [-0.2, -0.15) is 5.10 Å². The SMILES string of the molecule is NC(=O)C(=Cc1ccn[nH]1)c1cccs1. The number of carbonyl (C=O) groups is 1. The zero-order chi connectivity index (χ0) is 10.7. The molecule has 0 aromatic carbocycles. The van der Waals surface area contributed by atoms with Crippen LogP contribution in [0.25, 0.3) is 11.6 Å². The number of carbonyl (C=O) groups excluding carboxylic acids is 1. The summed E-state index contributed by atoms with van der Waals surface area (Å²) in [6.45, 7) is 0. The first-order chi connectivity index (χ1) is 7.27. The van der Waals surface area contributed by atoms with E-state index in [4.69, 9.17) is 5.73 Å². The van der Waals surface area contributed by atoms with Crippen molar-refractivity contribution in [2.45, 2.75) is 0 Å². The van der Waals surface area contributed by atoms with E-state index < -0.39 is 5.91 Å². The molecule has 76 valence electrons. The standard InChI is InChI=1S/C10H9N3OS/c11-10(14)8(9-2-1-5-15-9)6-7-3-4-12-13-7/h1-6H,(H2,11,14)(H,12,13). The van der Waals surface area contributed by atoms with Crippen LogP contribution in [-0.2, 0) is 4.79 Å². The lowest BCUT2D eigenvalue weighted by atomic mass is 10.2. The highest BCUT2D eigenvalue weighted by Crippen LogP contribution is 2.21. The Labute approximate surface area is 90.4 Å². The van der Waals surface area contributed by atoms with Gasteiger partial charge in [0.2, 0.25) is 5.91 Å². The van der Waals surface area contributed by atoms with Crippen LogP contribution in [0.15, 0.2) is 29.8 Å². The molecule has 0 aliphatic heterocycles. The minimum Gasteiger partial charge on any atom is -0.366 e. The van der Waals surface area contributed by atoms with Crippen LogP contribution in [0.5, 0.6) is 0 Å². The van der Waals surface area contributed by atoms with Crippen molar-refractivity contribution in [1.29, 1.82) is 0 Å². The molecular formula is C10H9N3OS. The first-order valence-electron chi connectivity index (χ1n) is 4.32. The molecule has 15 heavy (non-hydrogen) atoms. The number of nitrogens with zero attached hydrogens (tertiary/aromatic N) is 1. The molecule has 0 fully saturated rings. The number of H-pyrrole nitrogens is 1. The second-order valence-electron chi connectivity index (χ2n) is 2.91. The molecule has 5 heteroatoms. The predicted octanol–water partition coefficient (Wildman–Crippen LogP) is 1.50. The Hall–Kier alpha value is -1.88. The van der Waals surface area contributed by atoms with Crippen molar-refractivity contribution in [2.24, 2.45) is 5.73 Å². The number of primary amides is 1. The van der Waals surface area contributed by atoms with E-state index in [-0.39, 0.29) is 0 Å². The van der Waals surface area contributed by atoms with Crippen molar-refractivity contribution in [3.63, 3.8) is 0 Å². The van der Waals surface area contributed by atoms with Crippen LogP contribution in [0.4, 0.5) is 0 Å². The van der Waals surface area contributed by atoms with Crippen LogP contribution >= 0.6 is 11.3 Å². The van der Waals surface area contributed by atoms with E-state index in [1.807, 2.05) is 17.5 Å². The maximum Gasteiger partial charge on any atom is 0.250 e. The summed E-state index contributed by atoms with van der Waals surface area (Å²) in [7, 11) is 0. The van der Waals surface area contributed by atoms with E-state index in [1.54, 1.807) is 18.3 Å².